The predicted octanol–water partition coefficient (Wildman–Crippen LogP) is 1.38. The molecule has 5 nitrogen and oxygen atoms in total. The second-order valence-electron chi connectivity index (χ2n) is 4.16. The van der Waals surface area contributed by atoms with E-state index in [-0.39, 0.29) is 13.2 Å². The Morgan fingerprint density at radius 3 is 2.75 bits per heavy atom. The highest BCUT2D eigenvalue weighted by atomic mass is 16.6. The SMILES string of the molecule is CCC1(COC(=O)C=C(C)C)COC(=O)N1. The van der Waals surface area contributed by atoms with E-state index in [0.29, 0.717) is 6.42 Å². The molecule has 0 aromatic rings. The number of nitrogens with one attached hydrogen (secondary N) is 1. The number of ether oxygens (including phenoxy) is 2. The molecule has 0 aromatic carbocycles. The van der Waals surface area contributed by atoms with Gasteiger partial charge in [0.25, 0.3) is 0 Å². The molecule has 16 heavy (non-hydrogen) atoms. The van der Waals surface area contributed by atoms with Crippen molar-refractivity contribution >= 4 is 12.1 Å². The summed E-state index contributed by atoms with van der Waals surface area (Å²) in [6.45, 7) is 5.92. The number of esters is 1. The Kier molecular flexibility index (Phi) is 3.93. The molecule has 1 N–H and O–H groups in total. The first-order valence-corrected chi connectivity index (χ1v) is 5.24. The van der Waals surface area contributed by atoms with Crippen LogP contribution in [0.25, 0.3) is 0 Å². The van der Waals surface area contributed by atoms with Gasteiger partial charge in [-0.3, -0.25) is 0 Å². The summed E-state index contributed by atoms with van der Waals surface area (Å²) in [5, 5.41) is 2.67. The third-order valence-electron chi connectivity index (χ3n) is 2.42. The molecular formula is C11H17NO4. The minimum atomic E-state index is -0.567. The Morgan fingerprint density at radius 1 is 1.62 bits per heavy atom. The lowest BCUT2D eigenvalue weighted by Crippen LogP contribution is -2.47. The summed E-state index contributed by atoms with van der Waals surface area (Å²) in [6, 6.07) is 0. The molecule has 0 spiro atoms. The van der Waals surface area contributed by atoms with E-state index >= 15 is 0 Å². The number of allylic oxidation sites excluding steroid dienone is 1. The van der Waals surface area contributed by atoms with Crippen molar-refractivity contribution in [3.05, 3.63) is 11.6 Å². The molecule has 1 rings (SSSR count). The molecule has 1 aliphatic heterocycles. The van der Waals surface area contributed by atoms with Crippen LogP contribution in [0.4, 0.5) is 4.79 Å². The number of carbonyl (C=O) groups is 2. The number of alkyl carbamates (subject to hydrolysis) is 1. The second-order valence-corrected chi connectivity index (χ2v) is 4.16. The fourth-order valence-electron chi connectivity index (χ4n) is 1.35. The number of carbonyl (C=O) groups excluding carboxylic acids is 2. The molecule has 0 aliphatic carbocycles. The van der Waals surface area contributed by atoms with E-state index < -0.39 is 17.6 Å². The van der Waals surface area contributed by atoms with Gasteiger partial charge < -0.3 is 14.8 Å². The van der Waals surface area contributed by atoms with Crippen LogP contribution >= 0.6 is 0 Å². The highest BCUT2D eigenvalue weighted by Gasteiger charge is 2.39. The van der Waals surface area contributed by atoms with Gasteiger partial charge in [0.2, 0.25) is 0 Å². The maximum absolute atomic E-state index is 11.3. The standard InChI is InChI=1S/C11H17NO4/c1-4-11(7-16-10(14)12-11)6-15-9(13)5-8(2)3/h5H,4,6-7H2,1-3H3,(H,12,14). The largest absolute Gasteiger partial charge is 0.460 e. The summed E-state index contributed by atoms with van der Waals surface area (Å²) in [7, 11) is 0. The van der Waals surface area contributed by atoms with Crippen LogP contribution in [0.5, 0.6) is 0 Å². The summed E-state index contributed by atoms with van der Waals surface area (Å²) in [4.78, 5) is 22.3. The Labute approximate surface area is 94.8 Å². The van der Waals surface area contributed by atoms with Gasteiger partial charge in [-0.1, -0.05) is 12.5 Å². The lowest BCUT2D eigenvalue weighted by molar-refractivity contribution is -0.140. The second kappa shape index (κ2) is 5.01. The van der Waals surface area contributed by atoms with E-state index in [1.807, 2.05) is 20.8 Å². The van der Waals surface area contributed by atoms with E-state index in [1.54, 1.807) is 0 Å². The Hall–Kier alpha value is -1.52. The predicted molar refractivity (Wildman–Crippen MR) is 57.9 cm³/mol. The van der Waals surface area contributed by atoms with Crippen LogP contribution in [-0.4, -0.2) is 30.8 Å². The van der Waals surface area contributed by atoms with Crippen molar-refractivity contribution in [1.82, 2.24) is 5.32 Å². The van der Waals surface area contributed by atoms with Gasteiger partial charge in [-0.05, 0) is 20.3 Å². The summed E-state index contributed by atoms with van der Waals surface area (Å²) in [5.41, 5.74) is 0.310. The van der Waals surface area contributed by atoms with Crippen molar-refractivity contribution in [3.63, 3.8) is 0 Å². The first-order valence-electron chi connectivity index (χ1n) is 5.24. The molecular weight excluding hydrogens is 210 g/mol. The molecule has 0 radical (unpaired) electrons. The van der Waals surface area contributed by atoms with Crippen LogP contribution in [0, 0.1) is 0 Å². The topological polar surface area (TPSA) is 64.6 Å². The molecule has 1 atom stereocenters. The molecule has 90 valence electrons. The van der Waals surface area contributed by atoms with Gasteiger partial charge in [-0.25, -0.2) is 9.59 Å². The molecule has 1 saturated heterocycles. The quantitative estimate of drug-likeness (QED) is 0.582. The van der Waals surface area contributed by atoms with Crippen molar-refractivity contribution < 1.29 is 19.1 Å². The van der Waals surface area contributed by atoms with Crippen molar-refractivity contribution in [2.24, 2.45) is 0 Å². The fraction of sp³-hybridized carbons (Fsp3) is 0.636. The van der Waals surface area contributed by atoms with E-state index in [9.17, 15) is 9.59 Å². The summed E-state index contributed by atoms with van der Waals surface area (Å²) in [5.74, 6) is -0.394. The first kappa shape index (κ1) is 12.5. The van der Waals surface area contributed by atoms with E-state index in [4.69, 9.17) is 9.47 Å². The molecule has 1 heterocycles. The van der Waals surface area contributed by atoms with Crippen LogP contribution in [0.2, 0.25) is 0 Å². The maximum atomic E-state index is 11.3. The average Bonchev–Trinajstić information content (AvgIpc) is 2.57. The van der Waals surface area contributed by atoms with Crippen molar-refractivity contribution in [2.75, 3.05) is 13.2 Å². The van der Waals surface area contributed by atoms with Crippen molar-refractivity contribution in [2.45, 2.75) is 32.7 Å². The zero-order chi connectivity index (χ0) is 12.2. The van der Waals surface area contributed by atoms with Crippen LogP contribution in [0.3, 0.4) is 0 Å². The maximum Gasteiger partial charge on any atom is 0.407 e. The van der Waals surface area contributed by atoms with Gasteiger partial charge >= 0.3 is 12.1 Å². The van der Waals surface area contributed by atoms with Crippen LogP contribution in [0.15, 0.2) is 11.6 Å². The molecule has 1 unspecified atom stereocenters. The highest BCUT2D eigenvalue weighted by Crippen LogP contribution is 2.17. The summed E-state index contributed by atoms with van der Waals surface area (Å²) in [6.07, 6.45) is 1.61. The van der Waals surface area contributed by atoms with Gasteiger partial charge in [0.05, 0.1) is 0 Å². The van der Waals surface area contributed by atoms with Crippen LogP contribution in [-0.2, 0) is 14.3 Å². The summed E-state index contributed by atoms with van der Waals surface area (Å²) >= 11 is 0. The number of rotatable bonds is 4. The first-order chi connectivity index (χ1) is 7.47. The number of hydrogen-bond acceptors (Lipinski definition) is 4. The average molecular weight is 227 g/mol. The Morgan fingerprint density at radius 2 is 2.31 bits per heavy atom. The zero-order valence-corrected chi connectivity index (χ0v) is 9.83. The van der Waals surface area contributed by atoms with Crippen LogP contribution in [0.1, 0.15) is 27.2 Å². The lowest BCUT2D eigenvalue weighted by atomic mass is 10.00. The van der Waals surface area contributed by atoms with Gasteiger partial charge in [0.15, 0.2) is 0 Å². The lowest BCUT2D eigenvalue weighted by Gasteiger charge is -2.23. The zero-order valence-electron chi connectivity index (χ0n) is 9.83. The molecule has 1 amide bonds. The van der Waals surface area contributed by atoms with Gasteiger partial charge in [0.1, 0.15) is 18.8 Å². The number of amides is 1. The molecule has 1 aliphatic rings. The normalized spacial score (nSPS) is 23.3. The molecule has 0 bridgehead atoms. The minimum absolute atomic E-state index is 0.137. The Balaban J connectivity index is 2.50. The summed E-state index contributed by atoms with van der Waals surface area (Å²) < 4.78 is 9.89. The van der Waals surface area contributed by atoms with E-state index in [1.165, 1.54) is 6.08 Å². The van der Waals surface area contributed by atoms with Crippen LogP contribution < -0.4 is 5.32 Å². The van der Waals surface area contributed by atoms with E-state index in [2.05, 4.69) is 5.32 Å². The highest BCUT2D eigenvalue weighted by molar-refractivity contribution is 5.82. The number of hydrogen-bond donors (Lipinski definition) is 1. The number of cyclic esters (lactones) is 1. The molecule has 1 fully saturated rings. The third-order valence-corrected chi connectivity index (χ3v) is 2.42. The minimum Gasteiger partial charge on any atom is -0.460 e. The van der Waals surface area contributed by atoms with Gasteiger partial charge in [-0.15, -0.1) is 0 Å². The molecule has 5 heteroatoms. The van der Waals surface area contributed by atoms with Gasteiger partial charge in [-0.2, -0.15) is 0 Å². The van der Waals surface area contributed by atoms with Gasteiger partial charge in [0, 0.05) is 6.08 Å². The molecule has 0 aromatic heterocycles. The fourth-order valence-corrected chi connectivity index (χ4v) is 1.35. The van der Waals surface area contributed by atoms with E-state index in [0.717, 1.165) is 5.57 Å². The monoisotopic (exact) mass is 227 g/mol. The smallest absolute Gasteiger partial charge is 0.407 e. The Bertz CT molecular complexity index is 320. The van der Waals surface area contributed by atoms with Crippen molar-refractivity contribution in [1.29, 1.82) is 0 Å². The molecule has 0 saturated carbocycles. The van der Waals surface area contributed by atoms with Crippen molar-refractivity contribution in [3.8, 4) is 0 Å². The third kappa shape index (κ3) is 3.25.